The molecule has 0 bridgehead atoms. The molecule has 0 rings (SSSR count). The van der Waals surface area contributed by atoms with Crippen LogP contribution in [0.3, 0.4) is 0 Å². The number of rotatable bonds is 12. The minimum atomic E-state index is 0.476. The van der Waals surface area contributed by atoms with E-state index in [4.69, 9.17) is 4.74 Å². The third kappa shape index (κ3) is 10.5. The molecule has 17 heavy (non-hydrogen) atoms. The van der Waals surface area contributed by atoms with Gasteiger partial charge in [-0.15, -0.1) is 0 Å². The van der Waals surface area contributed by atoms with Crippen LogP contribution in [0.15, 0.2) is 0 Å². The van der Waals surface area contributed by atoms with E-state index in [2.05, 4.69) is 45.7 Å². The summed E-state index contributed by atoms with van der Waals surface area (Å²) in [6.07, 6.45) is 10.7. The van der Waals surface area contributed by atoms with E-state index in [0.717, 1.165) is 10.7 Å². The van der Waals surface area contributed by atoms with Gasteiger partial charge in [0.2, 0.25) is 0 Å². The van der Waals surface area contributed by atoms with E-state index in [9.17, 15) is 0 Å². The molecule has 0 saturated carbocycles. The van der Waals surface area contributed by atoms with Crippen LogP contribution in [0.1, 0.15) is 65.2 Å². The molecule has 0 aromatic heterocycles. The van der Waals surface area contributed by atoms with Gasteiger partial charge in [-0.05, 0) is 38.5 Å². The molecule has 0 fully saturated rings. The molecule has 0 aliphatic carbocycles. The first kappa shape index (κ1) is 17.9. The Balaban J connectivity index is 4.02. The fraction of sp³-hybridized carbons (Fsp3) is 1.00. The van der Waals surface area contributed by atoms with E-state index in [0.29, 0.717) is 12.2 Å². The van der Waals surface area contributed by atoms with Crippen molar-refractivity contribution in [3.05, 3.63) is 0 Å². The molecule has 104 valence electrons. The van der Waals surface area contributed by atoms with Crippen molar-refractivity contribution in [1.29, 1.82) is 0 Å². The van der Waals surface area contributed by atoms with Crippen LogP contribution in [0.4, 0.5) is 0 Å². The van der Waals surface area contributed by atoms with Crippen molar-refractivity contribution >= 4 is 31.9 Å². The number of hydrogen-bond acceptors (Lipinski definition) is 1. The normalized spacial score (nSPS) is 14.8. The molecule has 0 aromatic carbocycles. The first-order valence-corrected chi connectivity index (χ1v) is 9.30. The minimum absolute atomic E-state index is 0.476. The lowest BCUT2D eigenvalue weighted by molar-refractivity contribution is -0.0289. The summed E-state index contributed by atoms with van der Waals surface area (Å²) in [5.41, 5.74) is 0. The fourth-order valence-corrected chi connectivity index (χ4v) is 2.73. The van der Waals surface area contributed by atoms with Gasteiger partial charge in [-0.25, -0.2) is 0 Å². The third-order valence-electron chi connectivity index (χ3n) is 2.93. The molecule has 0 aromatic rings. The average Bonchev–Trinajstić information content (AvgIpc) is 2.33. The number of ether oxygens (including phenoxy) is 1. The lowest BCUT2D eigenvalue weighted by atomic mass is 10.1. The molecule has 0 saturated heterocycles. The Labute approximate surface area is 124 Å². The minimum Gasteiger partial charge on any atom is -0.375 e. The predicted molar refractivity (Wildman–Crippen MR) is 84.5 cm³/mol. The summed E-state index contributed by atoms with van der Waals surface area (Å²) >= 11 is 7.01. The van der Waals surface area contributed by atoms with Crippen LogP contribution in [0.5, 0.6) is 0 Å². The Morgan fingerprint density at radius 2 is 1.18 bits per heavy atom. The van der Waals surface area contributed by atoms with E-state index >= 15 is 0 Å². The van der Waals surface area contributed by atoms with Crippen molar-refractivity contribution in [3.8, 4) is 0 Å². The Morgan fingerprint density at radius 1 is 0.765 bits per heavy atom. The zero-order valence-electron chi connectivity index (χ0n) is 11.4. The standard InChI is InChI=1S/C14H28Br2O/c1-3-7-13(9-5-11-15)17-14(8-4-2)10-6-12-16/h13-14H,3-12H2,1-2H3. The van der Waals surface area contributed by atoms with Crippen LogP contribution in [0.2, 0.25) is 0 Å². The van der Waals surface area contributed by atoms with Gasteiger partial charge in [0.05, 0.1) is 12.2 Å². The Morgan fingerprint density at radius 3 is 1.47 bits per heavy atom. The van der Waals surface area contributed by atoms with Crippen LogP contribution in [0.25, 0.3) is 0 Å². The Hall–Kier alpha value is 0.920. The molecular weight excluding hydrogens is 344 g/mol. The first-order chi connectivity index (χ1) is 8.28. The molecule has 0 amide bonds. The summed E-state index contributed by atoms with van der Waals surface area (Å²) < 4.78 is 6.29. The second-order valence-corrected chi connectivity index (χ2v) is 6.21. The maximum absolute atomic E-state index is 6.29. The van der Waals surface area contributed by atoms with Crippen molar-refractivity contribution in [2.75, 3.05) is 10.7 Å². The highest BCUT2D eigenvalue weighted by atomic mass is 79.9. The van der Waals surface area contributed by atoms with E-state index in [-0.39, 0.29) is 0 Å². The van der Waals surface area contributed by atoms with Gasteiger partial charge in [-0.2, -0.15) is 0 Å². The van der Waals surface area contributed by atoms with Gasteiger partial charge in [0.1, 0.15) is 0 Å². The predicted octanol–water partition coefficient (Wildman–Crippen LogP) is 5.69. The van der Waals surface area contributed by atoms with Crippen molar-refractivity contribution in [3.63, 3.8) is 0 Å². The SMILES string of the molecule is CCCC(CCCBr)OC(CCC)CCCBr. The van der Waals surface area contributed by atoms with Crippen LogP contribution in [0, 0.1) is 0 Å². The van der Waals surface area contributed by atoms with Gasteiger partial charge in [0.15, 0.2) is 0 Å². The molecule has 1 nitrogen and oxygen atoms in total. The summed E-state index contributed by atoms with van der Waals surface area (Å²) in [6, 6.07) is 0. The Bertz CT molecular complexity index is 137. The smallest absolute Gasteiger partial charge is 0.0579 e. The van der Waals surface area contributed by atoms with Gasteiger partial charge in [0.25, 0.3) is 0 Å². The molecule has 0 N–H and O–H groups in total. The summed E-state index contributed by atoms with van der Waals surface area (Å²) in [5.74, 6) is 0. The second kappa shape index (κ2) is 13.4. The topological polar surface area (TPSA) is 9.23 Å². The van der Waals surface area contributed by atoms with Gasteiger partial charge in [-0.1, -0.05) is 58.5 Å². The summed E-state index contributed by atoms with van der Waals surface area (Å²) in [7, 11) is 0. The summed E-state index contributed by atoms with van der Waals surface area (Å²) in [5, 5.41) is 2.19. The van der Waals surface area contributed by atoms with Gasteiger partial charge >= 0.3 is 0 Å². The van der Waals surface area contributed by atoms with Gasteiger partial charge < -0.3 is 4.74 Å². The van der Waals surface area contributed by atoms with E-state index < -0.39 is 0 Å². The molecule has 3 heteroatoms. The highest BCUT2D eigenvalue weighted by molar-refractivity contribution is 9.09. The van der Waals surface area contributed by atoms with Gasteiger partial charge in [0, 0.05) is 10.7 Å². The lowest BCUT2D eigenvalue weighted by Gasteiger charge is -2.24. The van der Waals surface area contributed by atoms with E-state index in [1.165, 1.54) is 51.4 Å². The zero-order chi connectivity index (χ0) is 12.9. The average molecular weight is 372 g/mol. The first-order valence-electron chi connectivity index (χ1n) is 7.05. The second-order valence-electron chi connectivity index (χ2n) is 4.62. The number of hydrogen-bond donors (Lipinski definition) is 0. The van der Waals surface area contributed by atoms with Crippen molar-refractivity contribution in [2.24, 2.45) is 0 Å². The molecule has 0 spiro atoms. The molecule has 0 aliphatic rings. The Kier molecular flexibility index (Phi) is 14.1. The molecule has 0 radical (unpaired) electrons. The summed E-state index contributed by atoms with van der Waals surface area (Å²) in [4.78, 5) is 0. The quantitative estimate of drug-likeness (QED) is 0.400. The van der Waals surface area contributed by atoms with Crippen molar-refractivity contribution in [2.45, 2.75) is 77.4 Å². The largest absolute Gasteiger partial charge is 0.375 e. The fourth-order valence-electron chi connectivity index (χ4n) is 2.09. The molecular formula is C14H28Br2O. The van der Waals surface area contributed by atoms with Crippen molar-refractivity contribution in [1.82, 2.24) is 0 Å². The van der Waals surface area contributed by atoms with Crippen LogP contribution >= 0.6 is 31.9 Å². The van der Waals surface area contributed by atoms with Crippen LogP contribution in [-0.2, 0) is 4.74 Å². The third-order valence-corrected chi connectivity index (χ3v) is 4.05. The van der Waals surface area contributed by atoms with Crippen LogP contribution < -0.4 is 0 Å². The number of halogens is 2. The molecule has 0 aliphatic heterocycles. The highest BCUT2D eigenvalue weighted by Gasteiger charge is 2.15. The molecule has 2 atom stereocenters. The van der Waals surface area contributed by atoms with E-state index in [1.807, 2.05) is 0 Å². The van der Waals surface area contributed by atoms with E-state index in [1.54, 1.807) is 0 Å². The number of alkyl halides is 2. The lowest BCUT2D eigenvalue weighted by Crippen LogP contribution is -2.22. The molecule has 0 heterocycles. The zero-order valence-corrected chi connectivity index (χ0v) is 14.6. The van der Waals surface area contributed by atoms with Crippen LogP contribution in [-0.4, -0.2) is 22.9 Å². The van der Waals surface area contributed by atoms with Crippen molar-refractivity contribution < 1.29 is 4.74 Å². The maximum Gasteiger partial charge on any atom is 0.0579 e. The monoisotopic (exact) mass is 370 g/mol. The highest BCUT2D eigenvalue weighted by Crippen LogP contribution is 2.18. The van der Waals surface area contributed by atoms with Gasteiger partial charge in [-0.3, -0.25) is 0 Å². The summed E-state index contributed by atoms with van der Waals surface area (Å²) in [6.45, 7) is 4.50. The molecule has 2 unspecified atom stereocenters. The maximum atomic E-state index is 6.29.